The molecule has 1 unspecified atom stereocenters. The summed E-state index contributed by atoms with van der Waals surface area (Å²) in [5.41, 5.74) is 0. The van der Waals surface area contributed by atoms with Crippen LogP contribution in [0.1, 0.15) is 47.0 Å². The van der Waals surface area contributed by atoms with Crippen molar-refractivity contribution in [1.82, 2.24) is 0 Å². The van der Waals surface area contributed by atoms with Gasteiger partial charge in [-0.3, -0.25) is 4.79 Å². The number of aliphatic carboxylic acids is 1. The van der Waals surface area contributed by atoms with Crippen LogP contribution in [0.15, 0.2) is 72.8 Å². The zero-order chi connectivity index (χ0) is 20.6. The molecule has 0 spiro atoms. The molecule has 0 aliphatic carbocycles. The van der Waals surface area contributed by atoms with Gasteiger partial charge in [0.1, 0.15) is 0 Å². The summed E-state index contributed by atoms with van der Waals surface area (Å²) in [7, 11) is -2.54. The highest BCUT2D eigenvalue weighted by molar-refractivity contribution is 6.99. The van der Waals surface area contributed by atoms with Crippen molar-refractivity contribution in [2.45, 2.75) is 58.1 Å². The maximum atomic E-state index is 10.7. The highest BCUT2D eigenvalue weighted by atomic mass is 28.4. The minimum absolute atomic E-state index is 0.0545. The summed E-state index contributed by atoms with van der Waals surface area (Å²) in [6.07, 6.45) is 5.66. The molecule has 2 rings (SSSR count). The van der Waals surface area contributed by atoms with Crippen LogP contribution in [0.3, 0.4) is 0 Å². The molecule has 1 atom stereocenters. The van der Waals surface area contributed by atoms with Gasteiger partial charge in [-0.25, -0.2) is 0 Å². The molecule has 0 aromatic heterocycles. The second-order valence-electron chi connectivity index (χ2n) is 8.20. The predicted octanol–water partition coefficient (Wildman–Crippen LogP) is 4.76. The van der Waals surface area contributed by atoms with Crippen LogP contribution in [0.4, 0.5) is 0 Å². The standard InChI is InChI=1S/C24H32O3Si/c1-20(14-8-5-13-19-23(25)26)27-28(24(2,3)4,21-15-9-6-10-16-21)22-17-11-7-12-18-22/h6-12,14-18,20H,5,13,19H2,1-4H3,(H,25,26)/b14-8+. The Morgan fingerprint density at radius 2 is 1.54 bits per heavy atom. The van der Waals surface area contributed by atoms with E-state index in [1.54, 1.807) is 0 Å². The van der Waals surface area contributed by atoms with Gasteiger partial charge in [0.25, 0.3) is 8.32 Å². The fraction of sp³-hybridized carbons (Fsp3) is 0.375. The number of rotatable bonds is 9. The van der Waals surface area contributed by atoms with Gasteiger partial charge in [0.2, 0.25) is 0 Å². The van der Waals surface area contributed by atoms with Gasteiger partial charge in [0.15, 0.2) is 0 Å². The highest BCUT2D eigenvalue weighted by Gasteiger charge is 2.50. The molecule has 0 amide bonds. The van der Waals surface area contributed by atoms with Crippen LogP contribution >= 0.6 is 0 Å². The van der Waals surface area contributed by atoms with Gasteiger partial charge < -0.3 is 9.53 Å². The number of hydrogen-bond acceptors (Lipinski definition) is 2. The summed E-state index contributed by atoms with van der Waals surface area (Å²) >= 11 is 0. The molecule has 0 bridgehead atoms. The smallest absolute Gasteiger partial charge is 0.303 e. The summed E-state index contributed by atoms with van der Waals surface area (Å²) in [6, 6.07) is 21.2. The van der Waals surface area contributed by atoms with E-state index in [0.29, 0.717) is 6.42 Å². The molecule has 0 saturated heterocycles. The van der Waals surface area contributed by atoms with Crippen molar-refractivity contribution in [1.29, 1.82) is 0 Å². The molecule has 1 N–H and O–H groups in total. The Hall–Kier alpha value is -2.17. The van der Waals surface area contributed by atoms with E-state index in [1.165, 1.54) is 10.4 Å². The number of carbonyl (C=O) groups is 1. The van der Waals surface area contributed by atoms with E-state index in [0.717, 1.165) is 6.42 Å². The third-order valence-electron chi connectivity index (χ3n) is 4.95. The Kier molecular flexibility index (Phi) is 7.78. The average molecular weight is 397 g/mol. The van der Waals surface area contributed by atoms with Crippen LogP contribution in [-0.2, 0) is 9.22 Å². The third kappa shape index (κ3) is 5.43. The molecule has 28 heavy (non-hydrogen) atoms. The van der Waals surface area contributed by atoms with Crippen LogP contribution < -0.4 is 10.4 Å². The Morgan fingerprint density at radius 1 is 1.04 bits per heavy atom. The minimum Gasteiger partial charge on any atom is -0.481 e. The lowest BCUT2D eigenvalue weighted by Gasteiger charge is -2.44. The SMILES string of the molecule is CC(/C=C/CCCC(=O)O)O[Si](c1ccccc1)(c1ccccc1)C(C)(C)C. The monoisotopic (exact) mass is 396 g/mol. The van der Waals surface area contributed by atoms with Crippen LogP contribution in [0.25, 0.3) is 0 Å². The van der Waals surface area contributed by atoms with Crippen molar-refractivity contribution < 1.29 is 14.3 Å². The van der Waals surface area contributed by atoms with Crippen LogP contribution in [0.5, 0.6) is 0 Å². The lowest BCUT2D eigenvalue weighted by Crippen LogP contribution is -2.67. The first kappa shape index (κ1) is 22.1. The van der Waals surface area contributed by atoms with Crippen LogP contribution in [-0.4, -0.2) is 25.5 Å². The molecule has 0 saturated carbocycles. The van der Waals surface area contributed by atoms with Crippen molar-refractivity contribution in [2.24, 2.45) is 0 Å². The Bertz CT molecular complexity index is 724. The third-order valence-corrected chi connectivity index (χ3v) is 10.1. The number of carboxylic acids is 1. The molecule has 0 fully saturated rings. The number of hydrogen-bond donors (Lipinski definition) is 1. The van der Waals surface area contributed by atoms with E-state index in [4.69, 9.17) is 9.53 Å². The number of carboxylic acid groups (broad SMARTS) is 1. The van der Waals surface area contributed by atoms with Crippen molar-refractivity contribution in [2.75, 3.05) is 0 Å². The Morgan fingerprint density at radius 3 is 1.96 bits per heavy atom. The largest absolute Gasteiger partial charge is 0.481 e. The maximum Gasteiger partial charge on any atom is 0.303 e. The van der Waals surface area contributed by atoms with E-state index in [1.807, 2.05) is 18.2 Å². The first-order valence-electron chi connectivity index (χ1n) is 9.94. The average Bonchev–Trinajstić information content (AvgIpc) is 2.66. The summed E-state index contributed by atoms with van der Waals surface area (Å²) < 4.78 is 6.94. The fourth-order valence-electron chi connectivity index (χ4n) is 3.67. The number of unbranched alkanes of at least 4 members (excludes halogenated alkanes) is 1. The van der Waals surface area contributed by atoms with Gasteiger partial charge >= 0.3 is 5.97 Å². The number of benzene rings is 2. The van der Waals surface area contributed by atoms with Crippen molar-refractivity contribution in [3.8, 4) is 0 Å². The normalized spacial score (nSPS) is 13.6. The summed E-state index contributed by atoms with van der Waals surface area (Å²) in [6.45, 7) is 8.88. The second kappa shape index (κ2) is 9.85. The Balaban J connectivity index is 2.36. The van der Waals surface area contributed by atoms with Crippen molar-refractivity contribution in [3.63, 3.8) is 0 Å². The topological polar surface area (TPSA) is 46.5 Å². The summed E-state index contributed by atoms with van der Waals surface area (Å²) in [4.78, 5) is 10.7. The predicted molar refractivity (Wildman–Crippen MR) is 119 cm³/mol. The molecular weight excluding hydrogens is 364 g/mol. The van der Waals surface area contributed by atoms with Crippen LogP contribution in [0.2, 0.25) is 5.04 Å². The van der Waals surface area contributed by atoms with E-state index in [2.05, 4.69) is 82.3 Å². The highest BCUT2D eigenvalue weighted by Crippen LogP contribution is 2.37. The zero-order valence-corrected chi connectivity index (χ0v) is 18.4. The van der Waals surface area contributed by atoms with Gasteiger partial charge in [-0.15, -0.1) is 0 Å². The first-order valence-corrected chi connectivity index (χ1v) is 11.9. The fourth-order valence-corrected chi connectivity index (χ4v) is 8.32. The van der Waals surface area contributed by atoms with Crippen molar-refractivity contribution in [3.05, 3.63) is 72.8 Å². The first-order chi connectivity index (χ1) is 13.3. The second-order valence-corrected chi connectivity index (χ2v) is 12.5. The molecular formula is C24H32O3Si. The molecule has 0 radical (unpaired) electrons. The van der Waals surface area contributed by atoms with Gasteiger partial charge in [0.05, 0.1) is 6.10 Å². The van der Waals surface area contributed by atoms with Crippen molar-refractivity contribution >= 4 is 24.7 Å². The lowest BCUT2D eigenvalue weighted by molar-refractivity contribution is -0.137. The maximum absolute atomic E-state index is 10.7. The number of allylic oxidation sites excluding steroid dienone is 1. The summed E-state index contributed by atoms with van der Waals surface area (Å²) in [5, 5.41) is 11.2. The van der Waals surface area contributed by atoms with Gasteiger partial charge in [-0.1, -0.05) is 93.6 Å². The molecule has 0 aliphatic heterocycles. The van der Waals surface area contributed by atoms with Crippen LogP contribution in [0, 0.1) is 0 Å². The molecule has 4 heteroatoms. The zero-order valence-electron chi connectivity index (χ0n) is 17.4. The molecule has 3 nitrogen and oxygen atoms in total. The van der Waals surface area contributed by atoms with E-state index in [9.17, 15) is 4.79 Å². The molecule has 2 aromatic rings. The van der Waals surface area contributed by atoms with Gasteiger partial charge in [-0.05, 0) is 35.2 Å². The van der Waals surface area contributed by atoms with Gasteiger partial charge in [0, 0.05) is 6.42 Å². The van der Waals surface area contributed by atoms with Gasteiger partial charge in [-0.2, -0.15) is 0 Å². The molecule has 150 valence electrons. The van der Waals surface area contributed by atoms with E-state index < -0.39 is 14.3 Å². The minimum atomic E-state index is -2.54. The Labute approximate surface area is 170 Å². The molecule has 0 aliphatic rings. The molecule has 0 heterocycles. The van der Waals surface area contributed by atoms with E-state index >= 15 is 0 Å². The lowest BCUT2D eigenvalue weighted by atomic mass is 10.2. The van der Waals surface area contributed by atoms with E-state index in [-0.39, 0.29) is 17.6 Å². The summed E-state index contributed by atoms with van der Waals surface area (Å²) in [5.74, 6) is -0.745. The molecule has 2 aromatic carbocycles. The quantitative estimate of drug-likeness (QED) is 0.377.